The van der Waals surface area contributed by atoms with E-state index in [1.165, 1.54) is 23.3 Å². The SMILES string of the molecule is COC(=O)CN(Cc1cc(OC)cc(OC)c1)C(=O)Cc1csc2nc(-c3ccccc3)cn12. The standard InChI is InChI=1S/C25H25N3O5S/c1-31-20-9-17(10-21(12-20)32-2)13-27(15-24(30)33-3)23(29)11-19-16-34-25-26-22(14-28(19)25)18-7-5-4-6-8-18/h4-10,12,14,16H,11,13,15H2,1-3H3. The van der Waals surface area contributed by atoms with Crippen LogP contribution >= 0.6 is 11.3 Å². The van der Waals surface area contributed by atoms with Crippen LogP contribution in [0.4, 0.5) is 0 Å². The molecule has 0 N–H and O–H groups in total. The fraction of sp³-hybridized carbons (Fsp3) is 0.240. The van der Waals surface area contributed by atoms with Gasteiger partial charge in [-0.2, -0.15) is 0 Å². The molecule has 1 amide bonds. The van der Waals surface area contributed by atoms with Crippen molar-refractivity contribution in [3.8, 4) is 22.8 Å². The van der Waals surface area contributed by atoms with Crippen molar-refractivity contribution in [2.75, 3.05) is 27.9 Å². The molecule has 0 spiro atoms. The Bertz CT molecular complexity index is 1280. The molecule has 2 heterocycles. The number of amides is 1. The minimum atomic E-state index is -0.493. The van der Waals surface area contributed by atoms with Crippen molar-refractivity contribution in [1.29, 1.82) is 0 Å². The average Bonchev–Trinajstić information content (AvgIpc) is 3.45. The van der Waals surface area contributed by atoms with Gasteiger partial charge in [0.1, 0.15) is 18.0 Å². The summed E-state index contributed by atoms with van der Waals surface area (Å²) < 4.78 is 17.4. The number of hydrogen-bond acceptors (Lipinski definition) is 7. The number of ether oxygens (including phenoxy) is 3. The molecule has 0 saturated heterocycles. The van der Waals surface area contributed by atoms with Crippen molar-refractivity contribution in [3.05, 3.63) is 71.4 Å². The van der Waals surface area contributed by atoms with Crippen LogP contribution in [0.15, 0.2) is 60.1 Å². The summed E-state index contributed by atoms with van der Waals surface area (Å²) in [6.45, 7) is 0.0370. The zero-order valence-corrected chi connectivity index (χ0v) is 20.0. The second-order valence-electron chi connectivity index (χ2n) is 7.60. The fourth-order valence-electron chi connectivity index (χ4n) is 3.60. The van der Waals surface area contributed by atoms with Crippen LogP contribution in [0.1, 0.15) is 11.3 Å². The van der Waals surface area contributed by atoms with Gasteiger partial charge in [-0.05, 0) is 17.7 Å². The number of carbonyl (C=O) groups is 2. The van der Waals surface area contributed by atoms with Crippen LogP contribution in [-0.2, 0) is 27.3 Å². The van der Waals surface area contributed by atoms with Gasteiger partial charge in [-0.1, -0.05) is 30.3 Å². The molecular formula is C25H25N3O5S. The number of hydrogen-bond donors (Lipinski definition) is 0. The Kier molecular flexibility index (Phi) is 7.12. The lowest BCUT2D eigenvalue weighted by Gasteiger charge is -2.22. The van der Waals surface area contributed by atoms with Crippen LogP contribution in [0.5, 0.6) is 11.5 Å². The van der Waals surface area contributed by atoms with Crippen molar-refractivity contribution in [3.63, 3.8) is 0 Å². The number of rotatable bonds is 9. The van der Waals surface area contributed by atoms with Crippen molar-refractivity contribution in [2.24, 2.45) is 0 Å². The molecule has 34 heavy (non-hydrogen) atoms. The van der Waals surface area contributed by atoms with E-state index in [1.807, 2.05) is 58.4 Å². The molecule has 9 heteroatoms. The third-order valence-corrected chi connectivity index (χ3v) is 6.26. The zero-order chi connectivity index (χ0) is 24.1. The number of imidazole rings is 1. The van der Waals surface area contributed by atoms with Gasteiger partial charge in [0, 0.05) is 35.4 Å². The molecule has 0 aliphatic carbocycles. The third kappa shape index (κ3) is 5.20. The maximum Gasteiger partial charge on any atom is 0.325 e. The number of methoxy groups -OCH3 is 3. The number of nitrogens with zero attached hydrogens (tertiary/aromatic N) is 3. The number of fused-ring (bicyclic) bond motifs is 1. The lowest BCUT2D eigenvalue weighted by atomic mass is 10.1. The van der Waals surface area contributed by atoms with Gasteiger partial charge in [-0.3, -0.25) is 14.0 Å². The first kappa shape index (κ1) is 23.3. The maximum absolute atomic E-state index is 13.3. The summed E-state index contributed by atoms with van der Waals surface area (Å²) in [5, 5.41) is 1.92. The minimum Gasteiger partial charge on any atom is -0.497 e. The van der Waals surface area contributed by atoms with Crippen LogP contribution in [0, 0.1) is 0 Å². The summed E-state index contributed by atoms with van der Waals surface area (Å²) in [4.78, 5) is 32.3. The molecule has 176 valence electrons. The molecule has 0 atom stereocenters. The normalized spacial score (nSPS) is 10.8. The second-order valence-corrected chi connectivity index (χ2v) is 8.43. The molecule has 8 nitrogen and oxygen atoms in total. The Morgan fingerprint density at radius 2 is 1.74 bits per heavy atom. The van der Waals surface area contributed by atoms with Crippen LogP contribution < -0.4 is 9.47 Å². The summed E-state index contributed by atoms with van der Waals surface area (Å²) in [5.74, 6) is 0.506. The predicted octanol–water partition coefficient (Wildman–Crippen LogP) is 3.82. The average molecular weight is 480 g/mol. The number of aromatic nitrogens is 2. The van der Waals surface area contributed by atoms with Gasteiger partial charge < -0.3 is 19.1 Å². The number of thiazole rings is 1. The van der Waals surface area contributed by atoms with E-state index in [4.69, 9.17) is 14.2 Å². The summed E-state index contributed by atoms with van der Waals surface area (Å²) in [5.41, 5.74) is 3.43. The molecular weight excluding hydrogens is 454 g/mol. The molecule has 0 bridgehead atoms. The Morgan fingerprint density at radius 3 is 2.38 bits per heavy atom. The minimum absolute atomic E-state index is 0.114. The second kappa shape index (κ2) is 10.4. The highest BCUT2D eigenvalue weighted by Gasteiger charge is 2.21. The van der Waals surface area contributed by atoms with E-state index in [0.29, 0.717) is 11.5 Å². The van der Waals surface area contributed by atoms with Gasteiger partial charge in [0.05, 0.1) is 33.4 Å². The lowest BCUT2D eigenvalue weighted by Crippen LogP contribution is -2.37. The largest absolute Gasteiger partial charge is 0.497 e. The van der Waals surface area contributed by atoms with E-state index in [1.54, 1.807) is 20.3 Å². The van der Waals surface area contributed by atoms with Crippen LogP contribution in [0.2, 0.25) is 0 Å². The lowest BCUT2D eigenvalue weighted by molar-refractivity contribution is -0.147. The van der Waals surface area contributed by atoms with E-state index in [9.17, 15) is 9.59 Å². The molecule has 0 radical (unpaired) electrons. The van der Waals surface area contributed by atoms with Crippen molar-refractivity contribution < 1.29 is 23.8 Å². The Hall–Kier alpha value is -3.85. The number of esters is 1. The van der Waals surface area contributed by atoms with E-state index < -0.39 is 5.97 Å². The molecule has 4 aromatic rings. The van der Waals surface area contributed by atoms with E-state index in [2.05, 4.69) is 4.98 Å². The highest BCUT2D eigenvalue weighted by Crippen LogP contribution is 2.26. The van der Waals surface area contributed by atoms with E-state index in [-0.39, 0.29) is 25.4 Å². The summed E-state index contributed by atoms with van der Waals surface area (Å²) >= 11 is 1.47. The quantitative estimate of drug-likeness (QED) is 0.340. The molecule has 2 aromatic carbocycles. The first-order valence-corrected chi connectivity index (χ1v) is 11.5. The Morgan fingerprint density at radius 1 is 1.03 bits per heavy atom. The third-order valence-electron chi connectivity index (χ3n) is 5.37. The van der Waals surface area contributed by atoms with Gasteiger partial charge in [-0.15, -0.1) is 11.3 Å². The molecule has 4 rings (SSSR count). The highest BCUT2D eigenvalue weighted by atomic mass is 32.1. The van der Waals surface area contributed by atoms with Crippen molar-refractivity contribution in [1.82, 2.24) is 14.3 Å². The molecule has 0 fully saturated rings. The topological polar surface area (TPSA) is 82.4 Å². The summed E-state index contributed by atoms with van der Waals surface area (Å²) in [7, 11) is 4.43. The van der Waals surface area contributed by atoms with Gasteiger partial charge in [0.2, 0.25) is 5.91 Å². The van der Waals surface area contributed by atoms with Crippen LogP contribution in [-0.4, -0.2) is 54.0 Å². The monoisotopic (exact) mass is 479 g/mol. The van der Waals surface area contributed by atoms with Crippen molar-refractivity contribution in [2.45, 2.75) is 13.0 Å². The zero-order valence-electron chi connectivity index (χ0n) is 19.2. The Labute approximate surface area is 201 Å². The van der Waals surface area contributed by atoms with E-state index >= 15 is 0 Å². The first-order chi connectivity index (χ1) is 16.5. The van der Waals surface area contributed by atoms with Crippen LogP contribution in [0.3, 0.4) is 0 Å². The van der Waals surface area contributed by atoms with Crippen molar-refractivity contribution >= 4 is 28.2 Å². The van der Waals surface area contributed by atoms with Gasteiger partial charge in [0.15, 0.2) is 4.96 Å². The molecule has 0 aliphatic heterocycles. The highest BCUT2D eigenvalue weighted by molar-refractivity contribution is 7.15. The maximum atomic E-state index is 13.3. The molecule has 0 unspecified atom stereocenters. The molecule has 0 saturated carbocycles. The van der Waals surface area contributed by atoms with Gasteiger partial charge in [0.25, 0.3) is 0 Å². The fourth-order valence-corrected chi connectivity index (χ4v) is 4.47. The smallest absolute Gasteiger partial charge is 0.325 e. The summed E-state index contributed by atoms with van der Waals surface area (Å²) in [6, 6.07) is 15.3. The van der Waals surface area contributed by atoms with E-state index in [0.717, 1.165) is 27.5 Å². The first-order valence-electron chi connectivity index (χ1n) is 10.6. The predicted molar refractivity (Wildman–Crippen MR) is 129 cm³/mol. The van der Waals surface area contributed by atoms with Gasteiger partial charge in [-0.25, -0.2) is 4.98 Å². The molecule has 2 aromatic heterocycles. The van der Waals surface area contributed by atoms with Gasteiger partial charge >= 0.3 is 5.97 Å². The number of benzene rings is 2. The number of carbonyl (C=O) groups excluding carboxylic acids is 2. The Balaban J connectivity index is 1.58. The summed E-state index contributed by atoms with van der Waals surface area (Å²) in [6.07, 6.45) is 2.05. The molecule has 0 aliphatic rings. The van der Waals surface area contributed by atoms with Crippen LogP contribution in [0.25, 0.3) is 16.2 Å².